The number of Topliss-reactive ketones (excluding diaryl/α,β-unsaturated/α-hetero) is 2. The molecule has 0 bridgehead atoms. The second-order valence-electron chi connectivity index (χ2n) is 7.86. The number of fused-ring (bicyclic) bond motifs is 1. The van der Waals surface area contributed by atoms with E-state index >= 15 is 0 Å². The average molecular weight is 425 g/mol. The molecule has 1 fully saturated rings. The number of benzene rings is 2. The molecule has 2 aromatic carbocycles. The molecular formula is C23H24N2O4S. The summed E-state index contributed by atoms with van der Waals surface area (Å²) >= 11 is 0. The molecule has 7 heteroatoms. The van der Waals surface area contributed by atoms with Gasteiger partial charge in [-0.3, -0.25) is 9.59 Å². The van der Waals surface area contributed by atoms with Gasteiger partial charge in [-0.1, -0.05) is 61.5 Å². The third kappa shape index (κ3) is 3.82. The van der Waals surface area contributed by atoms with Crippen molar-refractivity contribution < 1.29 is 18.0 Å². The molecule has 0 spiro atoms. The summed E-state index contributed by atoms with van der Waals surface area (Å²) in [5, 5.41) is 0. The van der Waals surface area contributed by atoms with Crippen LogP contribution in [-0.2, 0) is 16.6 Å². The molecule has 156 valence electrons. The molecule has 1 saturated heterocycles. The van der Waals surface area contributed by atoms with Crippen molar-refractivity contribution in [3.8, 4) is 0 Å². The van der Waals surface area contributed by atoms with E-state index in [9.17, 15) is 18.0 Å². The number of allylic oxidation sites excluding steroid dienone is 2. The molecule has 1 heterocycles. The third-order valence-corrected chi connectivity index (χ3v) is 7.17. The Hall–Kier alpha value is -2.77. The lowest BCUT2D eigenvalue weighted by Crippen LogP contribution is -2.42. The third-order valence-electron chi connectivity index (χ3n) is 5.73. The summed E-state index contributed by atoms with van der Waals surface area (Å²) in [5.41, 5.74) is 1.17. The summed E-state index contributed by atoms with van der Waals surface area (Å²) in [7, 11) is -4.20. The molecule has 6 nitrogen and oxygen atoms in total. The fourth-order valence-electron chi connectivity index (χ4n) is 3.95. The molecule has 1 aliphatic carbocycles. The Balaban J connectivity index is 1.77. The first-order chi connectivity index (χ1) is 14.4. The van der Waals surface area contributed by atoms with Crippen molar-refractivity contribution in [1.29, 1.82) is 0 Å². The largest absolute Gasteiger partial charge is 0.367 e. The predicted octanol–water partition coefficient (Wildman–Crippen LogP) is 3.13. The second kappa shape index (κ2) is 8.16. The minimum atomic E-state index is -4.20. The Kier molecular flexibility index (Phi) is 5.58. The quantitative estimate of drug-likeness (QED) is 0.797. The summed E-state index contributed by atoms with van der Waals surface area (Å²) in [6.07, 6.45) is 1.69. The Morgan fingerprint density at radius 1 is 0.900 bits per heavy atom. The number of nitrogens with zero attached hydrogens (tertiary/aromatic N) is 1. The molecule has 2 aliphatic rings. The Morgan fingerprint density at radius 2 is 1.47 bits per heavy atom. The summed E-state index contributed by atoms with van der Waals surface area (Å²) < 4.78 is 29.1. The summed E-state index contributed by atoms with van der Waals surface area (Å²) in [4.78, 5) is 27.9. The van der Waals surface area contributed by atoms with E-state index in [-0.39, 0.29) is 23.4 Å². The van der Waals surface area contributed by atoms with Gasteiger partial charge in [-0.25, -0.2) is 13.1 Å². The van der Waals surface area contributed by atoms with E-state index in [1.165, 1.54) is 6.07 Å². The van der Waals surface area contributed by atoms with Crippen LogP contribution in [0.5, 0.6) is 0 Å². The van der Waals surface area contributed by atoms with Crippen LogP contribution in [0.2, 0.25) is 0 Å². The van der Waals surface area contributed by atoms with Crippen LogP contribution in [0.25, 0.3) is 0 Å². The minimum Gasteiger partial charge on any atom is -0.367 e. The highest BCUT2D eigenvalue weighted by Gasteiger charge is 2.41. The topological polar surface area (TPSA) is 83.6 Å². The van der Waals surface area contributed by atoms with Crippen molar-refractivity contribution in [2.75, 3.05) is 13.1 Å². The van der Waals surface area contributed by atoms with Crippen LogP contribution in [0.15, 0.2) is 65.2 Å². The first kappa shape index (κ1) is 20.5. The number of carbonyl (C=O) groups excluding carboxylic acids is 2. The number of piperidine rings is 1. The van der Waals surface area contributed by atoms with Crippen LogP contribution in [0, 0.1) is 5.92 Å². The average Bonchev–Trinajstić information content (AvgIpc) is 2.76. The van der Waals surface area contributed by atoms with Crippen molar-refractivity contribution in [1.82, 2.24) is 9.62 Å². The fourth-order valence-corrected chi connectivity index (χ4v) is 5.29. The zero-order valence-corrected chi connectivity index (χ0v) is 17.6. The van der Waals surface area contributed by atoms with Crippen LogP contribution in [0.4, 0.5) is 0 Å². The van der Waals surface area contributed by atoms with E-state index in [0.717, 1.165) is 18.4 Å². The van der Waals surface area contributed by atoms with Gasteiger partial charge in [0.15, 0.2) is 4.91 Å². The van der Waals surface area contributed by atoms with Crippen LogP contribution >= 0.6 is 0 Å². The smallest absolute Gasteiger partial charge is 0.247 e. The maximum absolute atomic E-state index is 13.3. The molecule has 1 N–H and O–H groups in total. The molecule has 0 aromatic heterocycles. The second-order valence-corrected chi connectivity index (χ2v) is 9.57. The van der Waals surface area contributed by atoms with E-state index in [1.807, 2.05) is 18.2 Å². The number of carbonyl (C=O) groups is 2. The maximum Gasteiger partial charge on any atom is 0.247 e. The van der Waals surface area contributed by atoms with Gasteiger partial charge in [0, 0.05) is 30.8 Å². The first-order valence-corrected chi connectivity index (χ1v) is 11.6. The molecule has 0 saturated carbocycles. The zero-order valence-electron chi connectivity index (χ0n) is 16.8. The number of nitrogens with one attached hydrogen (secondary N) is 1. The van der Waals surface area contributed by atoms with E-state index in [2.05, 4.69) is 11.6 Å². The summed E-state index contributed by atoms with van der Waals surface area (Å²) in [5.74, 6) is -0.529. The molecule has 4 rings (SSSR count). The SMILES string of the molecule is CC1CCN(C2=C(S(=O)(=O)NCc3ccccc3)C(=O)c3ccccc3C2=O)CC1. The van der Waals surface area contributed by atoms with Crippen molar-refractivity contribution >= 4 is 21.6 Å². The number of sulfonamides is 1. The van der Waals surface area contributed by atoms with Gasteiger partial charge in [0.05, 0.1) is 0 Å². The molecule has 0 amide bonds. The van der Waals surface area contributed by atoms with Crippen molar-refractivity contribution in [2.24, 2.45) is 5.92 Å². The van der Waals surface area contributed by atoms with Crippen LogP contribution in [0.3, 0.4) is 0 Å². The number of hydrogen-bond acceptors (Lipinski definition) is 5. The lowest BCUT2D eigenvalue weighted by molar-refractivity contribution is 0.0932. The number of rotatable bonds is 5. The van der Waals surface area contributed by atoms with E-state index < -0.39 is 26.5 Å². The fraction of sp³-hybridized carbons (Fsp3) is 0.304. The van der Waals surface area contributed by atoms with Gasteiger partial charge in [0.1, 0.15) is 5.70 Å². The Morgan fingerprint density at radius 3 is 2.10 bits per heavy atom. The van der Waals surface area contributed by atoms with Crippen molar-refractivity contribution in [2.45, 2.75) is 26.3 Å². The molecule has 30 heavy (non-hydrogen) atoms. The monoisotopic (exact) mass is 424 g/mol. The van der Waals surface area contributed by atoms with Gasteiger partial charge in [0.25, 0.3) is 0 Å². The van der Waals surface area contributed by atoms with Gasteiger partial charge < -0.3 is 4.90 Å². The van der Waals surface area contributed by atoms with E-state index in [1.54, 1.807) is 35.2 Å². The van der Waals surface area contributed by atoms with Crippen LogP contribution in [-0.4, -0.2) is 38.0 Å². The molecule has 1 aliphatic heterocycles. The van der Waals surface area contributed by atoms with Gasteiger partial charge in [-0.2, -0.15) is 0 Å². The van der Waals surface area contributed by atoms with E-state index in [4.69, 9.17) is 0 Å². The number of ketones is 2. The highest BCUT2D eigenvalue weighted by atomic mass is 32.2. The lowest BCUT2D eigenvalue weighted by Gasteiger charge is -2.35. The summed E-state index contributed by atoms with van der Waals surface area (Å²) in [6.45, 7) is 3.28. The maximum atomic E-state index is 13.3. The summed E-state index contributed by atoms with van der Waals surface area (Å²) in [6, 6.07) is 15.5. The Labute approximate surface area is 176 Å². The van der Waals surface area contributed by atoms with Crippen LogP contribution in [0.1, 0.15) is 46.0 Å². The van der Waals surface area contributed by atoms with Crippen LogP contribution < -0.4 is 4.72 Å². The molecule has 0 unspecified atom stereocenters. The molecule has 0 atom stereocenters. The molecule has 2 aromatic rings. The van der Waals surface area contributed by atoms with Gasteiger partial charge >= 0.3 is 0 Å². The van der Waals surface area contributed by atoms with Gasteiger partial charge in [0.2, 0.25) is 21.6 Å². The molecular weight excluding hydrogens is 400 g/mol. The zero-order chi connectivity index (χ0) is 21.3. The standard InChI is InChI=1S/C23H24N2O4S/c1-16-11-13-25(14-12-16)20-21(26)18-9-5-6-10-19(18)22(27)23(20)30(28,29)24-15-17-7-3-2-4-8-17/h2-10,16,24H,11-15H2,1H3. The number of hydrogen-bond donors (Lipinski definition) is 1. The number of likely N-dealkylation sites (tertiary alicyclic amines) is 1. The highest BCUT2D eigenvalue weighted by Crippen LogP contribution is 2.33. The van der Waals surface area contributed by atoms with Gasteiger partial charge in [-0.05, 0) is 24.3 Å². The minimum absolute atomic E-state index is 0.00571. The Bertz CT molecular complexity index is 1110. The predicted molar refractivity (Wildman–Crippen MR) is 114 cm³/mol. The normalized spacial score (nSPS) is 18.0. The van der Waals surface area contributed by atoms with E-state index in [0.29, 0.717) is 19.0 Å². The first-order valence-electron chi connectivity index (χ1n) is 10.1. The lowest BCUT2D eigenvalue weighted by atomic mass is 9.90. The molecule has 0 radical (unpaired) electrons. The van der Waals surface area contributed by atoms with Crippen molar-refractivity contribution in [3.63, 3.8) is 0 Å². The van der Waals surface area contributed by atoms with Gasteiger partial charge in [-0.15, -0.1) is 0 Å². The van der Waals surface area contributed by atoms with Crippen molar-refractivity contribution in [3.05, 3.63) is 81.9 Å². The highest BCUT2D eigenvalue weighted by molar-refractivity contribution is 7.94.